The first-order chi connectivity index (χ1) is 8.90. The molecule has 2 rings (SSSR count). The SMILES string of the molecule is CC(CS(C)=O)n1c(=O)[nH]c2cc(C(=O)O)ccc21. The normalized spacial score (nSPS) is 14.4. The molecule has 0 aliphatic carbocycles. The molecule has 7 heteroatoms. The molecular formula is C12H14N2O4S. The highest BCUT2D eigenvalue weighted by molar-refractivity contribution is 7.84. The topological polar surface area (TPSA) is 92.2 Å². The van der Waals surface area contributed by atoms with E-state index in [1.807, 2.05) is 0 Å². The Bertz CT molecular complexity index is 716. The lowest BCUT2D eigenvalue weighted by atomic mass is 10.2. The maximum absolute atomic E-state index is 11.9. The van der Waals surface area contributed by atoms with Crippen molar-refractivity contribution in [3.8, 4) is 0 Å². The number of hydrogen-bond donors (Lipinski definition) is 2. The third kappa shape index (κ3) is 2.60. The number of carbonyl (C=O) groups is 1. The second-order valence-corrected chi connectivity index (χ2v) is 5.91. The number of nitrogens with one attached hydrogen (secondary N) is 1. The summed E-state index contributed by atoms with van der Waals surface area (Å²) in [4.78, 5) is 25.4. The number of rotatable bonds is 4. The van der Waals surface area contributed by atoms with E-state index in [9.17, 15) is 13.8 Å². The van der Waals surface area contributed by atoms with Crippen LogP contribution in [0.15, 0.2) is 23.0 Å². The number of carboxylic acid groups (broad SMARTS) is 1. The van der Waals surface area contributed by atoms with Crippen LogP contribution < -0.4 is 5.69 Å². The van der Waals surface area contributed by atoms with Gasteiger partial charge in [-0.05, 0) is 25.1 Å². The molecule has 2 N–H and O–H groups in total. The van der Waals surface area contributed by atoms with Crippen molar-refractivity contribution in [2.45, 2.75) is 13.0 Å². The third-order valence-electron chi connectivity index (χ3n) is 2.88. The molecule has 0 bridgehead atoms. The average molecular weight is 282 g/mol. The molecule has 0 aliphatic rings. The molecule has 1 heterocycles. The minimum Gasteiger partial charge on any atom is -0.478 e. The van der Waals surface area contributed by atoms with Gasteiger partial charge in [0, 0.05) is 28.9 Å². The van der Waals surface area contributed by atoms with Crippen molar-refractivity contribution < 1.29 is 14.1 Å². The number of aromatic nitrogens is 2. The standard InChI is InChI=1S/C12H14N2O4S/c1-7(6-19(2)18)14-10-4-3-8(11(15)16)5-9(10)13-12(14)17/h3-5,7H,6H2,1-2H3,(H,13,17)(H,15,16). The first-order valence-corrected chi connectivity index (χ1v) is 7.40. The smallest absolute Gasteiger partial charge is 0.335 e. The molecule has 0 amide bonds. The highest BCUT2D eigenvalue weighted by atomic mass is 32.2. The van der Waals surface area contributed by atoms with E-state index in [0.717, 1.165) is 0 Å². The van der Waals surface area contributed by atoms with E-state index >= 15 is 0 Å². The average Bonchev–Trinajstić information content (AvgIpc) is 2.62. The van der Waals surface area contributed by atoms with Crippen LogP contribution in [0.4, 0.5) is 0 Å². The van der Waals surface area contributed by atoms with Crippen LogP contribution >= 0.6 is 0 Å². The second kappa shape index (κ2) is 5.00. The van der Waals surface area contributed by atoms with Gasteiger partial charge in [0.2, 0.25) is 0 Å². The zero-order chi connectivity index (χ0) is 14.2. The van der Waals surface area contributed by atoms with Crippen LogP contribution in [0.2, 0.25) is 0 Å². The molecule has 1 aromatic carbocycles. The Labute approximate surface area is 111 Å². The second-order valence-electron chi connectivity index (χ2n) is 4.43. The maximum Gasteiger partial charge on any atom is 0.335 e. The van der Waals surface area contributed by atoms with Crippen LogP contribution in [0.5, 0.6) is 0 Å². The number of imidazole rings is 1. The highest BCUT2D eigenvalue weighted by Crippen LogP contribution is 2.17. The van der Waals surface area contributed by atoms with Gasteiger partial charge in [0.25, 0.3) is 0 Å². The van der Waals surface area contributed by atoms with Crippen LogP contribution in [-0.2, 0) is 10.8 Å². The Morgan fingerprint density at radius 2 is 2.21 bits per heavy atom. The number of benzene rings is 1. The van der Waals surface area contributed by atoms with Gasteiger partial charge in [-0.2, -0.15) is 0 Å². The van der Waals surface area contributed by atoms with Crippen molar-refractivity contribution in [1.29, 1.82) is 0 Å². The molecule has 0 fully saturated rings. The molecule has 19 heavy (non-hydrogen) atoms. The van der Waals surface area contributed by atoms with Crippen molar-refractivity contribution >= 4 is 27.8 Å². The molecule has 0 saturated carbocycles. The fraction of sp³-hybridized carbons (Fsp3) is 0.333. The minimum absolute atomic E-state index is 0.118. The number of hydrogen-bond acceptors (Lipinski definition) is 3. The quantitative estimate of drug-likeness (QED) is 0.874. The van der Waals surface area contributed by atoms with Gasteiger partial charge in [-0.3, -0.25) is 8.78 Å². The van der Waals surface area contributed by atoms with E-state index in [1.54, 1.807) is 19.2 Å². The van der Waals surface area contributed by atoms with Crippen molar-refractivity contribution in [2.24, 2.45) is 0 Å². The van der Waals surface area contributed by atoms with Crippen molar-refractivity contribution in [2.75, 3.05) is 12.0 Å². The number of H-pyrrole nitrogens is 1. The zero-order valence-corrected chi connectivity index (χ0v) is 11.4. The van der Waals surface area contributed by atoms with Gasteiger partial charge < -0.3 is 10.1 Å². The van der Waals surface area contributed by atoms with Gasteiger partial charge in [0.1, 0.15) is 0 Å². The summed E-state index contributed by atoms with van der Waals surface area (Å²) in [6, 6.07) is 4.24. The Morgan fingerprint density at radius 3 is 2.79 bits per heavy atom. The van der Waals surface area contributed by atoms with Gasteiger partial charge in [0.15, 0.2) is 0 Å². The van der Waals surface area contributed by atoms with E-state index in [-0.39, 0.29) is 17.3 Å². The molecule has 102 valence electrons. The van der Waals surface area contributed by atoms with Crippen LogP contribution in [-0.4, -0.2) is 36.8 Å². The highest BCUT2D eigenvalue weighted by Gasteiger charge is 2.15. The first-order valence-electron chi connectivity index (χ1n) is 5.67. The molecule has 2 atom stereocenters. The third-order valence-corrected chi connectivity index (χ3v) is 3.83. The van der Waals surface area contributed by atoms with Gasteiger partial charge >= 0.3 is 11.7 Å². The Hall–Kier alpha value is -1.89. The molecule has 0 saturated heterocycles. The van der Waals surface area contributed by atoms with E-state index in [1.165, 1.54) is 16.7 Å². The summed E-state index contributed by atoms with van der Waals surface area (Å²) < 4.78 is 12.8. The lowest BCUT2D eigenvalue weighted by Gasteiger charge is -2.11. The Morgan fingerprint density at radius 1 is 1.53 bits per heavy atom. The fourth-order valence-electron chi connectivity index (χ4n) is 2.12. The van der Waals surface area contributed by atoms with Gasteiger partial charge in [-0.1, -0.05) is 0 Å². The molecule has 0 radical (unpaired) electrons. The van der Waals surface area contributed by atoms with E-state index < -0.39 is 16.8 Å². The van der Waals surface area contributed by atoms with Gasteiger partial charge in [-0.15, -0.1) is 0 Å². The lowest BCUT2D eigenvalue weighted by molar-refractivity contribution is 0.0697. The summed E-state index contributed by atoms with van der Waals surface area (Å²) >= 11 is 0. The van der Waals surface area contributed by atoms with Crippen LogP contribution in [0.3, 0.4) is 0 Å². The molecule has 1 aromatic heterocycles. The predicted molar refractivity (Wildman–Crippen MR) is 73.2 cm³/mol. The number of fused-ring (bicyclic) bond motifs is 1. The minimum atomic E-state index is -1.04. The molecule has 6 nitrogen and oxygen atoms in total. The monoisotopic (exact) mass is 282 g/mol. The Balaban J connectivity index is 2.57. The zero-order valence-electron chi connectivity index (χ0n) is 10.5. The van der Waals surface area contributed by atoms with Crippen LogP contribution in [0.1, 0.15) is 23.3 Å². The van der Waals surface area contributed by atoms with E-state index in [4.69, 9.17) is 5.11 Å². The summed E-state index contributed by atoms with van der Waals surface area (Å²) in [7, 11) is -1.01. The molecule has 0 spiro atoms. The lowest BCUT2D eigenvalue weighted by Crippen LogP contribution is -2.23. The number of aromatic carboxylic acids is 1. The van der Waals surface area contributed by atoms with Crippen molar-refractivity contribution in [3.63, 3.8) is 0 Å². The first kappa shape index (κ1) is 13.5. The van der Waals surface area contributed by atoms with Crippen LogP contribution in [0, 0.1) is 0 Å². The largest absolute Gasteiger partial charge is 0.478 e. The summed E-state index contributed by atoms with van der Waals surface area (Å²) in [5.74, 6) is -0.675. The predicted octanol–water partition coefficient (Wildman–Crippen LogP) is 0.967. The van der Waals surface area contributed by atoms with Crippen molar-refractivity contribution in [1.82, 2.24) is 9.55 Å². The van der Waals surface area contributed by atoms with Gasteiger partial charge in [-0.25, -0.2) is 9.59 Å². The summed E-state index contributed by atoms with van der Waals surface area (Å²) in [6.07, 6.45) is 1.58. The van der Waals surface area contributed by atoms with E-state index in [0.29, 0.717) is 16.8 Å². The molecule has 2 aromatic rings. The fourth-order valence-corrected chi connectivity index (χ4v) is 2.94. The maximum atomic E-state index is 11.9. The molecular weight excluding hydrogens is 268 g/mol. The summed E-state index contributed by atoms with van der Waals surface area (Å²) in [5.41, 5.74) is 0.884. The van der Waals surface area contributed by atoms with Crippen LogP contribution in [0.25, 0.3) is 11.0 Å². The summed E-state index contributed by atoms with van der Waals surface area (Å²) in [5, 5.41) is 8.91. The van der Waals surface area contributed by atoms with Crippen molar-refractivity contribution in [3.05, 3.63) is 34.2 Å². The molecule has 0 aliphatic heterocycles. The number of aromatic amines is 1. The van der Waals surface area contributed by atoms with Gasteiger partial charge in [0.05, 0.1) is 16.6 Å². The number of nitrogens with zero attached hydrogens (tertiary/aromatic N) is 1. The van der Waals surface area contributed by atoms with E-state index in [2.05, 4.69) is 4.98 Å². The number of carboxylic acids is 1. The Kier molecular flexibility index (Phi) is 3.57. The molecule has 2 unspecified atom stereocenters. The summed E-state index contributed by atoms with van der Waals surface area (Å²) in [6.45, 7) is 1.81.